The molecule has 0 aliphatic carbocycles. The number of hydrogen-bond acceptors (Lipinski definition) is 3. The van der Waals surface area contributed by atoms with Crippen LogP contribution in [0.5, 0.6) is 0 Å². The molecule has 1 aromatic carbocycles. The highest BCUT2D eigenvalue weighted by molar-refractivity contribution is 5.91. The third-order valence-corrected chi connectivity index (χ3v) is 3.48. The molecule has 0 radical (unpaired) electrons. The maximum Gasteiger partial charge on any atom is 0.226 e. The molecule has 0 fully saturated rings. The highest BCUT2D eigenvalue weighted by Gasteiger charge is 2.12. The first-order valence-corrected chi connectivity index (χ1v) is 7.55. The normalized spacial score (nSPS) is 10.2. The molecule has 120 valence electrons. The Balaban J connectivity index is 1.88. The Kier molecular flexibility index (Phi) is 5.86. The third-order valence-electron chi connectivity index (χ3n) is 3.48. The Bertz CT molecular complexity index is 671. The average Bonchev–Trinajstić information content (AvgIpc) is 2.52. The molecule has 0 saturated heterocycles. The zero-order valence-electron chi connectivity index (χ0n) is 13.5. The van der Waals surface area contributed by atoms with Gasteiger partial charge in [0.1, 0.15) is 0 Å². The SMILES string of the molecule is CC(=O)N(CCC(=O)Nc1cccc(C)c1)Cc1ccncc1. The lowest BCUT2D eigenvalue weighted by molar-refractivity contribution is -0.129. The van der Waals surface area contributed by atoms with E-state index in [9.17, 15) is 9.59 Å². The van der Waals surface area contributed by atoms with Gasteiger partial charge >= 0.3 is 0 Å². The van der Waals surface area contributed by atoms with Crippen molar-refractivity contribution >= 4 is 17.5 Å². The van der Waals surface area contributed by atoms with E-state index in [0.717, 1.165) is 16.8 Å². The quantitative estimate of drug-likeness (QED) is 0.892. The predicted molar refractivity (Wildman–Crippen MR) is 89.8 cm³/mol. The molecule has 2 aromatic rings. The summed E-state index contributed by atoms with van der Waals surface area (Å²) in [5.74, 6) is -0.151. The summed E-state index contributed by atoms with van der Waals surface area (Å²) in [4.78, 5) is 29.4. The minimum absolute atomic E-state index is 0.0508. The van der Waals surface area contributed by atoms with Gasteiger partial charge in [0, 0.05) is 44.5 Å². The molecule has 0 spiro atoms. The van der Waals surface area contributed by atoms with Crippen molar-refractivity contribution < 1.29 is 9.59 Å². The summed E-state index contributed by atoms with van der Waals surface area (Å²) in [6.45, 7) is 4.35. The molecule has 1 N–H and O–H groups in total. The third kappa shape index (κ3) is 5.54. The van der Waals surface area contributed by atoms with E-state index in [0.29, 0.717) is 13.1 Å². The van der Waals surface area contributed by atoms with Crippen molar-refractivity contribution in [3.63, 3.8) is 0 Å². The van der Waals surface area contributed by atoms with Crippen LogP contribution >= 0.6 is 0 Å². The Hall–Kier alpha value is -2.69. The lowest BCUT2D eigenvalue weighted by Crippen LogP contribution is -2.31. The number of carbonyl (C=O) groups excluding carboxylic acids is 2. The van der Waals surface area contributed by atoms with Crippen LogP contribution < -0.4 is 5.32 Å². The molecule has 0 aliphatic rings. The Morgan fingerprint density at radius 3 is 2.57 bits per heavy atom. The summed E-state index contributed by atoms with van der Waals surface area (Å²) in [5, 5.41) is 2.85. The number of carbonyl (C=O) groups is 2. The van der Waals surface area contributed by atoms with Crippen LogP contribution in [-0.2, 0) is 16.1 Å². The van der Waals surface area contributed by atoms with Crippen molar-refractivity contribution in [1.29, 1.82) is 0 Å². The molecule has 5 nitrogen and oxygen atoms in total. The molecular formula is C18H21N3O2. The lowest BCUT2D eigenvalue weighted by atomic mass is 10.2. The number of nitrogens with one attached hydrogen (secondary N) is 1. The molecular weight excluding hydrogens is 290 g/mol. The first-order valence-electron chi connectivity index (χ1n) is 7.55. The summed E-state index contributed by atoms with van der Waals surface area (Å²) in [6, 6.07) is 11.4. The smallest absolute Gasteiger partial charge is 0.226 e. The van der Waals surface area contributed by atoms with Gasteiger partial charge < -0.3 is 10.2 Å². The monoisotopic (exact) mass is 311 g/mol. The second-order valence-corrected chi connectivity index (χ2v) is 5.46. The highest BCUT2D eigenvalue weighted by atomic mass is 16.2. The van der Waals surface area contributed by atoms with E-state index in [2.05, 4.69) is 10.3 Å². The molecule has 0 saturated carbocycles. The van der Waals surface area contributed by atoms with Gasteiger partial charge in [-0.05, 0) is 42.3 Å². The summed E-state index contributed by atoms with van der Waals surface area (Å²) in [5.41, 5.74) is 2.86. The van der Waals surface area contributed by atoms with Crippen molar-refractivity contribution in [3.8, 4) is 0 Å². The van der Waals surface area contributed by atoms with Crippen LogP contribution in [0.15, 0.2) is 48.8 Å². The molecule has 0 aliphatic heterocycles. The second-order valence-electron chi connectivity index (χ2n) is 5.46. The number of hydrogen-bond donors (Lipinski definition) is 1. The summed E-state index contributed by atoms with van der Waals surface area (Å²) in [7, 11) is 0. The fourth-order valence-electron chi connectivity index (χ4n) is 2.24. The number of anilines is 1. The largest absolute Gasteiger partial charge is 0.338 e. The number of aryl methyl sites for hydroxylation is 1. The van der Waals surface area contributed by atoms with Gasteiger partial charge in [0.25, 0.3) is 0 Å². The summed E-state index contributed by atoms with van der Waals surface area (Å²) < 4.78 is 0. The van der Waals surface area contributed by atoms with Crippen LogP contribution in [0.2, 0.25) is 0 Å². The van der Waals surface area contributed by atoms with Crippen LogP contribution in [0.4, 0.5) is 5.69 Å². The van der Waals surface area contributed by atoms with Gasteiger partial charge in [-0.2, -0.15) is 0 Å². The topological polar surface area (TPSA) is 62.3 Å². The molecule has 2 amide bonds. The van der Waals surface area contributed by atoms with Gasteiger partial charge in [-0.25, -0.2) is 0 Å². The van der Waals surface area contributed by atoms with Crippen molar-refractivity contribution in [1.82, 2.24) is 9.88 Å². The number of benzene rings is 1. The molecule has 2 rings (SSSR count). The lowest BCUT2D eigenvalue weighted by Gasteiger charge is -2.20. The van der Waals surface area contributed by atoms with E-state index in [1.54, 1.807) is 17.3 Å². The van der Waals surface area contributed by atoms with E-state index < -0.39 is 0 Å². The van der Waals surface area contributed by atoms with Gasteiger partial charge in [-0.3, -0.25) is 14.6 Å². The maximum absolute atomic E-state index is 12.0. The van der Waals surface area contributed by atoms with Crippen LogP contribution in [0.3, 0.4) is 0 Å². The minimum Gasteiger partial charge on any atom is -0.338 e. The van der Waals surface area contributed by atoms with Crippen molar-refractivity contribution in [2.24, 2.45) is 0 Å². The van der Waals surface area contributed by atoms with Gasteiger partial charge in [0.05, 0.1) is 0 Å². The van der Waals surface area contributed by atoms with Gasteiger partial charge in [0.15, 0.2) is 0 Å². The maximum atomic E-state index is 12.0. The minimum atomic E-state index is -0.100. The Morgan fingerprint density at radius 2 is 1.91 bits per heavy atom. The van der Waals surface area contributed by atoms with Crippen molar-refractivity contribution in [2.45, 2.75) is 26.8 Å². The predicted octanol–water partition coefficient (Wildman–Crippen LogP) is 2.77. The first kappa shape index (κ1) is 16.7. The Labute approximate surface area is 136 Å². The van der Waals surface area contributed by atoms with E-state index in [1.807, 2.05) is 43.3 Å². The molecule has 5 heteroatoms. The van der Waals surface area contributed by atoms with Gasteiger partial charge in [0.2, 0.25) is 11.8 Å². The van der Waals surface area contributed by atoms with Crippen LogP contribution in [0.25, 0.3) is 0 Å². The van der Waals surface area contributed by atoms with Crippen LogP contribution in [0.1, 0.15) is 24.5 Å². The molecule has 0 atom stereocenters. The number of aromatic nitrogens is 1. The average molecular weight is 311 g/mol. The van der Waals surface area contributed by atoms with Gasteiger partial charge in [-0.15, -0.1) is 0 Å². The number of nitrogens with zero attached hydrogens (tertiary/aromatic N) is 2. The number of amides is 2. The summed E-state index contributed by atoms with van der Waals surface area (Å²) in [6.07, 6.45) is 3.65. The fraction of sp³-hybridized carbons (Fsp3) is 0.278. The van der Waals surface area contributed by atoms with Crippen molar-refractivity contribution in [3.05, 3.63) is 59.9 Å². The standard InChI is InChI=1S/C18H21N3O2/c1-14-4-3-5-17(12-14)20-18(23)8-11-21(15(2)22)13-16-6-9-19-10-7-16/h3-7,9-10,12H,8,11,13H2,1-2H3,(H,20,23). The number of pyridine rings is 1. The van der Waals surface area contributed by atoms with Crippen molar-refractivity contribution in [2.75, 3.05) is 11.9 Å². The van der Waals surface area contributed by atoms with Gasteiger partial charge in [-0.1, -0.05) is 12.1 Å². The highest BCUT2D eigenvalue weighted by Crippen LogP contribution is 2.10. The zero-order valence-corrected chi connectivity index (χ0v) is 13.5. The Morgan fingerprint density at radius 1 is 1.17 bits per heavy atom. The molecule has 1 aromatic heterocycles. The zero-order chi connectivity index (χ0) is 16.7. The van der Waals surface area contributed by atoms with Crippen LogP contribution in [0, 0.1) is 6.92 Å². The fourth-order valence-corrected chi connectivity index (χ4v) is 2.24. The summed E-state index contributed by atoms with van der Waals surface area (Å²) >= 11 is 0. The molecule has 0 bridgehead atoms. The number of rotatable bonds is 6. The van der Waals surface area contributed by atoms with E-state index in [1.165, 1.54) is 6.92 Å². The van der Waals surface area contributed by atoms with E-state index in [-0.39, 0.29) is 18.2 Å². The van der Waals surface area contributed by atoms with Crippen LogP contribution in [-0.4, -0.2) is 28.2 Å². The molecule has 1 heterocycles. The van der Waals surface area contributed by atoms with E-state index >= 15 is 0 Å². The second kappa shape index (κ2) is 8.08. The molecule has 23 heavy (non-hydrogen) atoms. The first-order chi connectivity index (χ1) is 11.0. The van der Waals surface area contributed by atoms with E-state index in [4.69, 9.17) is 0 Å². The molecule has 0 unspecified atom stereocenters.